The zero-order chi connectivity index (χ0) is 7.40. The Morgan fingerprint density at radius 3 is 2.20 bits per heavy atom. The molecule has 0 amide bonds. The van der Waals surface area contributed by atoms with Crippen LogP contribution >= 0.6 is 31.9 Å². The number of benzene rings is 1. The lowest BCUT2D eigenvalue weighted by Crippen LogP contribution is -1.68. The monoisotopic (exact) mass is 260 g/mol. The topological polar surface area (TPSA) is 0 Å². The summed E-state index contributed by atoms with van der Waals surface area (Å²) in [6.45, 7) is 0. The van der Waals surface area contributed by atoms with Crippen molar-refractivity contribution in [3.8, 4) is 0 Å². The minimum Gasteiger partial charge on any atom is -0.0595 e. The normalized spacial score (nSPS) is 10.6. The molecule has 52 valence electrons. The SMILES string of the molecule is BrC=Cc1ccc(Br)cc1. The van der Waals surface area contributed by atoms with Gasteiger partial charge in [0.05, 0.1) is 0 Å². The van der Waals surface area contributed by atoms with Crippen molar-refractivity contribution >= 4 is 37.9 Å². The molecular formula is C8H6Br2. The average molecular weight is 262 g/mol. The summed E-state index contributed by atoms with van der Waals surface area (Å²) in [4.78, 5) is 1.84. The first kappa shape index (κ1) is 8.02. The first-order valence-corrected chi connectivity index (χ1v) is 4.56. The van der Waals surface area contributed by atoms with Crippen molar-refractivity contribution in [1.82, 2.24) is 0 Å². The summed E-state index contributed by atoms with van der Waals surface area (Å²) < 4.78 is 1.11. The van der Waals surface area contributed by atoms with Gasteiger partial charge in [0, 0.05) is 4.47 Å². The summed E-state index contributed by atoms with van der Waals surface area (Å²) in [5, 5.41) is 0. The molecule has 1 aromatic carbocycles. The van der Waals surface area contributed by atoms with Gasteiger partial charge >= 0.3 is 0 Å². The Balaban J connectivity index is 2.89. The molecule has 0 saturated heterocycles. The lowest BCUT2D eigenvalue weighted by Gasteiger charge is -1.90. The molecule has 0 unspecified atom stereocenters. The third-order valence-electron chi connectivity index (χ3n) is 1.13. The van der Waals surface area contributed by atoms with Gasteiger partial charge in [-0.2, -0.15) is 0 Å². The van der Waals surface area contributed by atoms with Gasteiger partial charge in [-0.25, -0.2) is 0 Å². The molecule has 0 aliphatic carbocycles. The van der Waals surface area contributed by atoms with Gasteiger partial charge in [-0.15, -0.1) is 0 Å². The van der Waals surface area contributed by atoms with Crippen LogP contribution in [0.25, 0.3) is 6.08 Å². The molecule has 0 nitrogen and oxygen atoms in total. The molecule has 0 aliphatic heterocycles. The molecule has 0 heterocycles. The highest BCUT2D eigenvalue weighted by molar-refractivity contribution is 9.11. The molecule has 0 spiro atoms. The minimum absolute atomic E-state index is 1.11. The average Bonchev–Trinajstić information content (AvgIpc) is 1.95. The third-order valence-corrected chi connectivity index (χ3v) is 1.92. The molecular weight excluding hydrogens is 256 g/mol. The minimum atomic E-state index is 1.11. The summed E-state index contributed by atoms with van der Waals surface area (Å²) in [6.07, 6.45) is 1.99. The van der Waals surface area contributed by atoms with Crippen LogP contribution in [-0.2, 0) is 0 Å². The van der Waals surface area contributed by atoms with E-state index in [0.29, 0.717) is 0 Å². The van der Waals surface area contributed by atoms with Gasteiger partial charge in [0.25, 0.3) is 0 Å². The summed E-state index contributed by atoms with van der Waals surface area (Å²) in [5.74, 6) is 0. The van der Waals surface area contributed by atoms with Crippen LogP contribution in [0.1, 0.15) is 5.56 Å². The van der Waals surface area contributed by atoms with E-state index in [-0.39, 0.29) is 0 Å². The van der Waals surface area contributed by atoms with Crippen molar-refractivity contribution in [2.45, 2.75) is 0 Å². The maximum Gasteiger partial charge on any atom is 0.0175 e. The third kappa shape index (κ3) is 2.27. The van der Waals surface area contributed by atoms with E-state index in [0.717, 1.165) is 4.47 Å². The van der Waals surface area contributed by atoms with Crippen molar-refractivity contribution in [2.24, 2.45) is 0 Å². The summed E-state index contributed by atoms with van der Waals surface area (Å²) in [7, 11) is 0. The summed E-state index contributed by atoms with van der Waals surface area (Å²) in [6, 6.07) is 8.12. The lowest BCUT2D eigenvalue weighted by molar-refractivity contribution is 1.62. The van der Waals surface area contributed by atoms with Crippen molar-refractivity contribution in [1.29, 1.82) is 0 Å². The van der Waals surface area contributed by atoms with Crippen LogP contribution < -0.4 is 0 Å². The Hall–Kier alpha value is -0.0800. The van der Waals surface area contributed by atoms with Gasteiger partial charge < -0.3 is 0 Å². The number of rotatable bonds is 1. The first-order valence-electron chi connectivity index (χ1n) is 2.85. The zero-order valence-corrected chi connectivity index (χ0v) is 8.39. The van der Waals surface area contributed by atoms with E-state index in [4.69, 9.17) is 0 Å². The van der Waals surface area contributed by atoms with E-state index < -0.39 is 0 Å². The van der Waals surface area contributed by atoms with Crippen LogP contribution in [-0.4, -0.2) is 0 Å². The van der Waals surface area contributed by atoms with E-state index in [2.05, 4.69) is 31.9 Å². The van der Waals surface area contributed by atoms with Crippen LogP contribution in [0.3, 0.4) is 0 Å². The molecule has 0 N–H and O–H groups in total. The van der Waals surface area contributed by atoms with Crippen LogP contribution in [0.15, 0.2) is 33.7 Å². The summed E-state index contributed by atoms with van der Waals surface area (Å²) in [5.41, 5.74) is 1.19. The molecule has 0 radical (unpaired) electrons. The number of halogens is 2. The number of hydrogen-bond donors (Lipinski definition) is 0. The van der Waals surface area contributed by atoms with Crippen molar-refractivity contribution in [3.05, 3.63) is 39.3 Å². The highest BCUT2D eigenvalue weighted by Gasteiger charge is 1.84. The molecule has 0 aliphatic rings. The predicted molar refractivity (Wildman–Crippen MR) is 52.1 cm³/mol. The van der Waals surface area contributed by atoms with E-state index in [1.807, 2.05) is 35.3 Å². The molecule has 10 heavy (non-hydrogen) atoms. The van der Waals surface area contributed by atoms with Gasteiger partial charge in [-0.1, -0.05) is 44.0 Å². The van der Waals surface area contributed by atoms with Crippen molar-refractivity contribution in [2.75, 3.05) is 0 Å². The van der Waals surface area contributed by atoms with E-state index in [1.54, 1.807) is 0 Å². The summed E-state index contributed by atoms with van der Waals surface area (Å²) >= 11 is 6.57. The maximum atomic E-state index is 3.36. The highest BCUT2D eigenvalue weighted by Crippen LogP contribution is 2.11. The fraction of sp³-hybridized carbons (Fsp3) is 0. The van der Waals surface area contributed by atoms with Gasteiger partial charge in [-0.05, 0) is 28.8 Å². The maximum absolute atomic E-state index is 3.36. The Bertz CT molecular complexity index is 224. The Morgan fingerprint density at radius 2 is 1.70 bits per heavy atom. The fourth-order valence-electron chi connectivity index (χ4n) is 0.647. The molecule has 2 heteroatoms. The largest absolute Gasteiger partial charge is 0.0595 e. The second-order valence-corrected chi connectivity index (χ2v) is 3.29. The quantitative estimate of drug-likeness (QED) is 0.721. The fourth-order valence-corrected chi connectivity index (χ4v) is 1.22. The molecule has 0 bridgehead atoms. The predicted octanol–water partition coefficient (Wildman–Crippen LogP) is 3.81. The van der Waals surface area contributed by atoms with E-state index in [9.17, 15) is 0 Å². The first-order chi connectivity index (χ1) is 4.83. The van der Waals surface area contributed by atoms with Crippen molar-refractivity contribution in [3.63, 3.8) is 0 Å². The molecule has 0 fully saturated rings. The molecule has 1 rings (SSSR count). The highest BCUT2D eigenvalue weighted by atomic mass is 79.9. The molecule has 1 aromatic rings. The van der Waals surface area contributed by atoms with Crippen LogP contribution in [0, 0.1) is 0 Å². The second kappa shape index (κ2) is 3.94. The number of hydrogen-bond acceptors (Lipinski definition) is 0. The van der Waals surface area contributed by atoms with Crippen LogP contribution in [0.4, 0.5) is 0 Å². The van der Waals surface area contributed by atoms with Gasteiger partial charge in [0.2, 0.25) is 0 Å². The molecule has 0 saturated carbocycles. The Morgan fingerprint density at radius 1 is 1.10 bits per heavy atom. The van der Waals surface area contributed by atoms with Gasteiger partial charge in [0.15, 0.2) is 0 Å². The van der Waals surface area contributed by atoms with Gasteiger partial charge in [-0.3, -0.25) is 0 Å². The Labute approximate surface area is 77.2 Å². The lowest BCUT2D eigenvalue weighted by atomic mass is 10.2. The van der Waals surface area contributed by atoms with Crippen LogP contribution in [0.5, 0.6) is 0 Å². The molecule has 0 atom stereocenters. The zero-order valence-electron chi connectivity index (χ0n) is 5.22. The van der Waals surface area contributed by atoms with E-state index >= 15 is 0 Å². The van der Waals surface area contributed by atoms with Crippen LogP contribution in [0.2, 0.25) is 0 Å². The molecule has 0 aromatic heterocycles. The smallest absolute Gasteiger partial charge is 0.0175 e. The van der Waals surface area contributed by atoms with Gasteiger partial charge in [0.1, 0.15) is 0 Å². The van der Waals surface area contributed by atoms with Crippen molar-refractivity contribution < 1.29 is 0 Å². The standard InChI is InChI=1S/C8H6Br2/c9-6-5-7-1-3-8(10)4-2-7/h1-6H. The Kier molecular flexibility index (Phi) is 3.16. The second-order valence-electron chi connectivity index (χ2n) is 1.84. The van der Waals surface area contributed by atoms with E-state index in [1.165, 1.54) is 5.56 Å².